The molecule has 1 aliphatic heterocycles. The highest BCUT2D eigenvalue weighted by molar-refractivity contribution is 8.13. The van der Waals surface area contributed by atoms with Gasteiger partial charge in [0.1, 0.15) is 5.82 Å². The van der Waals surface area contributed by atoms with Crippen LogP contribution < -0.4 is 0 Å². The lowest BCUT2D eigenvalue weighted by Gasteiger charge is -2.26. The summed E-state index contributed by atoms with van der Waals surface area (Å²) in [5, 5.41) is 0. The van der Waals surface area contributed by atoms with E-state index in [-0.39, 0.29) is 5.75 Å². The molecule has 2 rings (SSSR count). The summed E-state index contributed by atoms with van der Waals surface area (Å²) in [7, 11) is 1.49. The van der Waals surface area contributed by atoms with E-state index in [4.69, 9.17) is 15.4 Å². The number of hydrogen-bond donors (Lipinski definition) is 0. The molecule has 1 heterocycles. The molecule has 0 N–H and O–H groups in total. The highest BCUT2D eigenvalue weighted by atomic mass is 35.7. The second kappa shape index (κ2) is 6.17. The van der Waals surface area contributed by atoms with Gasteiger partial charge in [-0.05, 0) is 11.6 Å². The van der Waals surface area contributed by atoms with Gasteiger partial charge in [-0.3, -0.25) is 4.90 Å². The molecule has 0 radical (unpaired) electrons. The van der Waals surface area contributed by atoms with E-state index in [9.17, 15) is 12.8 Å². The number of benzene rings is 1. The van der Waals surface area contributed by atoms with E-state index < -0.39 is 14.9 Å². The van der Waals surface area contributed by atoms with E-state index in [1.807, 2.05) is 0 Å². The molecule has 0 unspecified atom stereocenters. The summed E-state index contributed by atoms with van der Waals surface area (Å²) in [4.78, 5) is 2.10. The van der Waals surface area contributed by atoms with Gasteiger partial charge in [-0.15, -0.1) is 0 Å². The number of hydrogen-bond acceptors (Lipinski definition) is 4. The van der Waals surface area contributed by atoms with E-state index in [0.29, 0.717) is 30.9 Å². The van der Waals surface area contributed by atoms with Crippen molar-refractivity contribution in [2.75, 3.05) is 26.3 Å². The second-order valence-electron chi connectivity index (χ2n) is 4.50. The SMILES string of the molecule is O=S(=O)(Cl)Cc1ccc(CN2CCOCC2)c(F)c1. The fourth-order valence-electron chi connectivity index (χ4n) is 2.01. The first-order chi connectivity index (χ1) is 8.94. The molecule has 1 saturated heterocycles. The molecule has 19 heavy (non-hydrogen) atoms. The molecule has 0 bridgehead atoms. The van der Waals surface area contributed by atoms with E-state index in [2.05, 4.69) is 4.90 Å². The number of nitrogens with zero attached hydrogens (tertiary/aromatic N) is 1. The van der Waals surface area contributed by atoms with Gasteiger partial charge < -0.3 is 4.74 Å². The fourth-order valence-corrected chi connectivity index (χ4v) is 2.96. The Morgan fingerprint density at radius 1 is 1.32 bits per heavy atom. The number of rotatable bonds is 4. The minimum atomic E-state index is -3.66. The summed E-state index contributed by atoms with van der Waals surface area (Å²) in [6.07, 6.45) is 0. The molecule has 0 aliphatic carbocycles. The van der Waals surface area contributed by atoms with E-state index in [1.54, 1.807) is 12.1 Å². The average molecular weight is 308 g/mol. The Bertz CT molecular complexity index is 544. The molecule has 0 spiro atoms. The number of halogens is 2. The van der Waals surface area contributed by atoms with Gasteiger partial charge in [0, 0.05) is 35.9 Å². The normalized spacial score (nSPS) is 17.6. The Kier molecular flexibility index (Phi) is 4.78. The van der Waals surface area contributed by atoms with Gasteiger partial charge >= 0.3 is 0 Å². The van der Waals surface area contributed by atoms with Crippen molar-refractivity contribution in [3.8, 4) is 0 Å². The van der Waals surface area contributed by atoms with Crippen molar-refractivity contribution < 1.29 is 17.5 Å². The summed E-state index contributed by atoms with van der Waals surface area (Å²) >= 11 is 0. The molecule has 7 heteroatoms. The zero-order chi connectivity index (χ0) is 13.9. The fraction of sp³-hybridized carbons (Fsp3) is 0.500. The van der Waals surface area contributed by atoms with Crippen LogP contribution in [0.1, 0.15) is 11.1 Å². The van der Waals surface area contributed by atoms with Crippen LogP contribution in [0.25, 0.3) is 0 Å². The van der Waals surface area contributed by atoms with Crippen LogP contribution in [-0.2, 0) is 26.1 Å². The Morgan fingerprint density at radius 3 is 2.58 bits per heavy atom. The number of morpholine rings is 1. The molecule has 4 nitrogen and oxygen atoms in total. The molecule has 0 amide bonds. The summed E-state index contributed by atoms with van der Waals surface area (Å²) in [6.45, 7) is 3.37. The van der Waals surface area contributed by atoms with Gasteiger partial charge in [0.25, 0.3) is 0 Å². The molecule has 0 saturated carbocycles. The van der Waals surface area contributed by atoms with Crippen LogP contribution in [-0.4, -0.2) is 39.6 Å². The van der Waals surface area contributed by atoms with Crippen molar-refractivity contribution in [3.63, 3.8) is 0 Å². The van der Waals surface area contributed by atoms with Crippen LogP contribution in [0, 0.1) is 5.82 Å². The molecular formula is C12H15ClFNO3S. The summed E-state index contributed by atoms with van der Waals surface area (Å²) in [5.74, 6) is -0.757. The van der Waals surface area contributed by atoms with E-state index in [0.717, 1.165) is 13.1 Å². The maximum atomic E-state index is 13.9. The first-order valence-corrected chi connectivity index (χ1v) is 8.41. The van der Waals surface area contributed by atoms with Crippen molar-refractivity contribution in [2.45, 2.75) is 12.3 Å². The molecule has 1 aromatic rings. The Balaban J connectivity index is 2.06. The molecule has 106 valence electrons. The van der Waals surface area contributed by atoms with Crippen LogP contribution in [0.2, 0.25) is 0 Å². The monoisotopic (exact) mass is 307 g/mol. The first kappa shape index (κ1) is 14.7. The lowest BCUT2D eigenvalue weighted by Crippen LogP contribution is -2.35. The maximum Gasteiger partial charge on any atom is 0.236 e. The van der Waals surface area contributed by atoms with Crippen molar-refractivity contribution in [1.29, 1.82) is 0 Å². The van der Waals surface area contributed by atoms with Crippen LogP contribution in [0.3, 0.4) is 0 Å². The quantitative estimate of drug-likeness (QED) is 0.795. The summed E-state index contributed by atoms with van der Waals surface area (Å²) in [5.41, 5.74) is 0.913. The van der Waals surface area contributed by atoms with Crippen molar-refractivity contribution in [3.05, 3.63) is 35.1 Å². The van der Waals surface area contributed by atoms with Gasteiger partial charge in [0.2, 0.25) is 9.05 Å². The summed E-state index contributed by atoms with van der Waals surface area (Å²) < 4.78 is 41.0. The summed E-state index contributed by atoms with van der Waals surface area (Å²) in [6, 6.07) is 4.44. The third-order valence-electron chi connectivity index (χ3n) is 2.95. The van der Waals surface area contributed by atoms with Crippen molar-refractivity contribution in [2.24, 2.45) is 0 Å². The molecular weight excluding hydrogens is 293 g/mol. The highest BCUT2D eigenvalue weighted by Crippen LogP contribution is 2.16. The molecule has 1 aromatic carbocycles. The molecule has 0 aromatic heterocycles. The lowest BCUT2D eigenvalue weighted by atomic mass is 10.1. The minimum absolute atomic E-state index is 0.358. The van der Waals surface area contributed by atoms with Gasteiger partial charge in [-0.25, -0.2) is 12.8 Å². The van der Waals surface area contributed by atoms with Gasteiger partial charge in [0.15, 0.2) is 0 Å². The zero-order valence-corrected chi connectivity index (χ0v) is 11.9. The average Bonchev–Trinajstić information content (AvgIpc) is 2.32. The lowest BCUT2D eigenvalue weighted by molar-refractivity contribution is 0.0337. The molecule has 1 fully saturated rings. The predicted octanol–water partition coefficient (Wildman–Crippen LogP) is 1.73. The standard InChI is InChI=1S/C12H15ClFNO3S/c13-19(16,17)9-10-1-2-11(12(14)7-10)8-15-3-5-18-6-4-15/h1-2,7H,3-6,8-9H2. The van der Waals surface area contributed by atoms with Crippen molar-refractivity contribution >= 4 is 19.7 Å². The Labute approximate surface area is 116 Å². The van der Waals surface area contributed by atoms with E-state index >= 15 is 0 Å². The van der Waals surface area contributed by atoms with Gasteiger partial charge in [-0.1, -0.05) is 12.1 Å². The zero-order valence-electron chi connectivity index (χ0n) is 10.3. The van der Waals surface area contributed by atoms with Crippen LogP contribution in [0.5, 0.6) is 0 Å². The Morgan fingerprint density at radius 2 is 2.00 bits per heavy atom. The number of ether oxygens (including phenoxy) is 1. The van der Waals surface area contributed by atoms with Crippen LogP contribution in [0.15, 0.2) is 18.2 Å². The van der Waals surface area contributed by atoms with Gasteiger partial charge in [0.05, 0.1) is 19.0 Å². The van der Waals surface area contributed by atoms with Gasteiger partial charge in [-0.2, -0.15) is 0 Å². The maximum absolute atomic E-state index is 13.9. The highest BCUT2D eigenvalue weighted by Gasteiger charge is 2.14. The van der Waals surface area contributed by atoms with Crippen molar-refractivity contribution in [1.82, 2.24) is 4.90 Å². The van der Waals surface area contributed by atoms with E-state index in [1.165, 1.54) is 6.07 Å². The smallest absolute Gasteiger partial charge is 0.236 e. The second-order valence-corrected chi connectivity index (χ2v) is 7.27. The molecule has 0 atom stereocenters. The topological polar surface area (TPSA) is 46.6 Å². The molecule has 1 aliphatic rings. The third kappa shape index (κ3) is 4.72. The third-order valence-corrected chi connectivity index (χ3v) is 3.96. The minimum Gasteiger partial charge on any atom is -0.379 e. The van der Waals surface area contributed by atoms with Crippen LogP contribution in [0.4, 0.5) is 4.39 Å². The predicted molar refractivity (Wildman–Crippen MR) is 71.0 cm³/mol. The largest absolute Gasteiger partial charge is 0.379 e. The Hall–Kier alpha value is -0.690. The van der Waals surface area contributed by atoms with Crippen LogP contribution >= 0.6 is 10.7 Å². The first-order valence-electron chi connectivity index (χ1n) is 5.94.